The lowest BCUT2D eigenvalue weighted by atomic mass is 10.1. The summed E-state index contributed by atoms with van der Waals surface area (Å²) in [7, 11) is 0. The SMILES string of the molecule is CCNC(=O)N1CCC(Oc2cccc(-c3cccs3)c2)CC1. The minimum atomic E-state index is 0.0330. The predicted molar refractivity (Wildman–Crippen MR) is 94.1 cm³/mol. The number of hydrogen-bond acceptors (Lipinski definition) is 3. The van der Waals surface area contributed by atoms with Gasteiger partial charge in [0.1, 0.15) is 11.9 Å². The highest BCUT2D eigenvalue weighted by atomic mass is 32.1. The third-order valence-electron chi connectivity index (χ3n) is 4.00. The molecule has 0 atom stereocenters. The fourth-order valence-corrected chi connectivity index (χ4v) is 3.52. The van der Waals surface area contributed by atoms with E-state index >= 15 is 0 Å². The number of thiophene rings is 1. The summed E-state index contributed by atoms with van der Waals surface area (Å²) in [4.78, 5) is 14.9. The van der Waals surface area contributed by atoms with Crippen LogP contribution in [0.15, 0.2) is 41.8 Å². The molecule has 122 valence electrons. The highest BCUT2D eigenvalue weighted by molar-refractivity contribution is 7.13. The van der Waals surface area contributed by atoms with Crippen LogP contribution in [0.2, 0.25) is 0 Å². The molecule has 0 radical (unpaired) electrons. The van der Waals surface area contributed by atoms with E-state index in [0.717, 1.165) is 31.7 Å². The second kappa shape index (κ2) is 7.51. The summed E-state index contributed by atoms with van der Waals surface area (Å²) in [6.45, 7) is 4.11. The first kappa shape index (κ1) is 15.9. The molecule has 4 nitrogen and oxygen atoms in total. The van der Waals surface area contributed by atoms with Gasteiger partial charge in [-0.15, -0.1) is 11.3 Å². The van der Waals surface area contributed by atoms with Crippen molar-refractivity contribution in [1.29, 1.82) is 0 Å². The minimum Gasteiger partial charge on any atom is -0.490 e. The summed E-state index contributed by atoms with van der Waals surface area (Å²) in [5.74, 6) is 0.910. The van der Waals surface area contributed by atoms with E-state index in [0.29, 0.717) is 6.54 Å². The molecule has 0 unspecified atom stereocenters. The summed E-state index contributed by atoms with van der Waals surface area (Å²) in [6.07, 6.45) is 1.93. The van der Waals surface area contributed by atoms with E-state index in [1.165, 1.54) is 10.4 Å². The maximum absolute atomic E-state index is 11.8. The van der Waals surface area contributed by atoms with Crippen molar-refractivity contribution in [2.75, 3.05) is 19.6 Å². The number of likely N-dealkylation sites (tertiary alicyclic amines) is 1. The lowest BCUT2D eigenvalue weighted by Gasteiger charge is -2.32. The van der Waals surface area contributed by atoms with Gasteiger partial charge >= 0.3 is 6.03 Å². The predicted octanol–water partition coefficient (Wildman–Crippen LogP) is 3.99. The molecule has 0 aliphatic carbocycles. The average molecular weight is 330 g/mol. The molecule has 5 heteroatoms. The van der Waals surface area contributed by atoms with Gasteiger partial charge < -0.3 is 15.0 Å². The molecule has 1 fully saturated rings. The molecule has 2 amide bonds. The third kappa shape index (κ3) is 4.05. The van der Waals surface area contributed by atoms with Crippen LogP contribution in [0.3, 0.4) is 0 Å². The van der Waals surface area contributed by atoms with Crippen molar-refractivity contribution in [1.82, 2.24) is 10.2 Å². The molecule has 23 heavy (non-hydrogen) atoms. The summed E-state index contributed by atoms with van der Waals surface area (Å²) in [5.41, 5.74) is 1.19. The number of amides is 2. The normalized spacial score (nSPS) is 15.4. The molecule has 0 spiro atoms. The molecule has 1 aliphatic rings. The number of ether oxygens (including phenoxy) is 1. The molecule has 1 aromatic carbocycles. The fraction of sp³-hybridized carbons (Fsp3) is 0.389. The van der Waals surface area contributed by atoms with Gasteiger partial charge in [0.15, 0.2) is 0 Å². The topological polar surface area (TPSA) is 41.6 Å². The molecule has 1 saturated heterocycles. The molecule has 1 N–H and O–H groups in total. The summed E-state index contributed by atoms with van der Waals surface area (Å²) >= 11 is 1.73. The number of carbonyl (C=O) groups is 1. The van der Waals surface area contributed by atoms with Crippen LogP contribution >= 0.6 is 11.3 Å². The standard InChI is InChI=1S/C18H22N2O2S/c1-2-19-18(21)20-10-8-15(9-11-20)22-16-6-3-5-14(13-16)17-7-4-12-23-17/h3-7,12-13,15H,2,8-11H2,1H3,(H,19,21). The van der Waals surface area contributed by atoms with Crippen LogP contribution in [0.1, 0.15) is 19.8 Å². The van der Waals surface area contributed by atoms with Crippen LogP contribution in [0, 0.1) is 0 Å². The zero-order valence-corrected chi connectivity index (χ0v) is 14.1. The van der Waals surface area contributed by atoms with Gasteiger partial charge in [-0.2, -0.15) is 0 Å². The Morgan fingerprint density at radius 1 is 1.30 bits per heavy atom. The van der Waals surface area contributed by atoms with Crippen molar-refractivity contribution in [3.05, 3.63) is 41.8 Å². The monoisotopic (exact) mass is 330 g/mol. The maximum atomic E-state index is 11.8. The van der Waals surface area contributed by atoms with Gasteiger partial charge in [-0.1, -0.05) is 18.2 Å². The first-order valence-corrected chi connectivity index (χ1v) is 8.97. The molecule has 1 aliphatic heterocycles. The number of carbonyl (C=O) groups excluding carboxylic acids is 1. The van der Waals surface area contributed by atoms with Crippen molar-refractivity contribution in [3.8, 4) is 16.2 Å². The van der Waals surface area contributed by atoms with Gasteiger partial charge in [-0.05, 0) is 36.1 Å². The molecule has 1 aromatic heterocycles. The Bertz CT molecular complexity index is 634. The molecular weight excluding hydrogens is 308 g/mol. The summed E-state index contributed by atoms with van der Waals surface area (Å²) < 4.78 is 6.13. The van der Waals surface area contributed by atoms with E-state index in [4.69, 9.17) is 4.74 Å². The first-order valence-electron chi connectivity index (χ1n) is 8.09. The largest absolute Gasteiger partial charge is 0.490 e. The number of rotatable bonds is 4. The van der Waals surface area contributed by atoms with Crippen LogP contribution in [-0.4, -0.2) is 36.7 Å². The van der Waals surface area contributed by atoms with Crippen LogP contribution in [0.4, 0.5) is 4.79 Å². The molecular formula is C18H22N2O2S. The van der Waals surface area contributed by atoms with Crippen molar-refractivity contribution in [3.63, 3.8) is 0 Å². The van der Waals surface area contributed by atoms with Gasteiger partial charge in [-0.25, -0.2) is 4.79 Å². The van der Waals surface area contributed by atoms with E-state index in [1.54, 1.807) is 11.3 Å². The third-order valence-corrected chi connectivity index (χ3v) is 4.92. The molecule has 3 rings (SSSR count). The average Bonchev–Trinajstić information content (AvgIpc) is 3.11. The minimum absolute atomic E-state index is 0.0330. The summed E-state index contributed by atoms with van der Waals surface area (Å²) in [5, 5.41) is 4.93. The van der Waals surface area contributed by atoms with Gasteiger partial charge in [0, 0.05) is 37.4 Å². The van der Waals surface area contributed by atoms with Crippen molar-refractivity contribution in [2.24, 2.45) is 0 Å². The zero-order chi connectivity index (χ0) is 16.1. The Kier molecular flexibility index (Phi) is 5.18. The maximum Gasteiger partial charge on any atom is 0.317 e. The lowest BCUT2D eigenvalue weighted by Crippen LogP contribution is -2.46. The molecule has 0 bridgehead atoms. The highest BCUT2D eigenvalue weighted by Crippen LogP contribution is 2.28. The Labute approximate surface area is 141 Å². The van der Waals surface area contributed by atoms with E-state index in [2.05, 4.69) is 35.0 Å². The molecule has 0 saturated carbocycles. The van der Waals surface area contributed by atoms with Gasteiger partial charge in [0.05, 0.1) is 0 Å². The van der Waals surface area contributed by atoms with Crippen LogP contribution in [0.25, 0.3) is 10.4 Å². The number of hydrogen-bond donors (Lipinski definition) is 1. The molecule has 2 aromatic rings. The van der Waals surface area contributed by atoms with Gasteiger partial charge in [0.25, 0.3) is 0 Å². The van der Waals surface area contributed by atoms with Crippen molar-refractivity contribution >= 4 is 17.4 Å². The van der Waals surface area contributed by atoms with E-state index in [1.807, 2.05) is 24.0 Å². The van der Waals surface area contributed by atoms with E-state index in [-0.39, 0.29) is 12.1 Å². The number of nitrogens with zero attached hydrogens (tertiary/aromatic N) is 1. The zero-order valence-electron chi connectivity index (χ0n) is 13.3. The number of piperidine rings is 1. The van der Waals surface area contributed by atoms with Crippen molar-refractivity contribution < 1.29 is 9.53 Å². The first-order chi connectivity index (χ1) is 11.3. The second-order valence-corrected chi connectivity index (χ2v) is 6.59. The molecule has 2 heterocycles. The summed E-state index contributed by atoms with van der Waals surface area (Å²) in [6, 6.07) is 12.5. The Morgan fingerprint density at radius 2 is 2.13 bits per heavy atom. The highest BCUT2D eigenvalue weighted by Gasteiger charge is 2.23. The van der Waals surface area contributed by atoms with E-state index < -0.39 is 0 Å². The van der Waals surface area contributed by atoms with Gasteiger partial charge in [0.2, 0.25) is 0 Å². The van der Waals surface area contributed by atoms with Crippen molar-refractivity contribution in [2.45, 2.75) is 25.9 Å². The quantitative estimate of drug-likeness (QED) is 0.921. The lowest BCUT2D eigenvalue weighted by molar-refractivity contribution is 0.111. The number of urea groups is 1. The number of nitrogens with one attached hydrogen (secondary N) is 1. The van der Waals surface area contributed by atoms with Crippen LogP contribution in [-0.2, 0) is 0 Å². The van der Waals surface area contributed by atoms with Crippen LogP contribution < -0.4 is 10.1 Å². The number of benzene rings is 1. The Hall–Kier alpha value is -2.01. The smallest absolute Gasteiger partial charge is 0.317 e. The van der Waals surface area contributed by atoms with Crippen LogP contribution in [0.5, 0.6) is 5.75 Å². The second-order valence-electron chi connectivity index (χ2n) is 5.64. The van der Waals surface area contributed by atoms with Gasteiger partial charge in [-0.3, -0.25) is 0 Å². The van der Waals surface area contributed by atoms with E-state index in [9.17, 15) is 4.79 Å². The fourth-order valence-electron chi connectivity index (χ4n) is 2.80. The Balaban J connectivity index is 1.57. The Morgan fingerprint density at radius 3 is 2.83 bits per heavy atom.